The van der Waals surface area contributed by atoms with Crippen LogP contribution in [0.1, 0.15) is 17.0 Å². The van der Waals surface area contributed by atoms with Crippen LogP contribution in [-0.4, -0.2) is 23.8 Å². The predicted octanol–water partition coefficient (Wildman–Crippen LogP) is 2.12. The Hall–Kier alpha value is -1.68. The topological polar surface area (TPSA) is 51.0 Å². The lowest BCUT2D eigenvalue weighted by Gasteiger charge is -2.04. The average Bonchev–Trinajstić information content (AvgIpc) is 2.75. The van der Waals surface area contributed by atoms with Gasteiger partial charge in [0, 0.05) is 18.5 Å². The van der Waals surface area contributed by atoms with Crippen LogP contribution in [0, 0.1) is 13.8 Å². The van der Waals surface area contributed by atoms with E-state index in [0.29, 0.717) is 11.8 Å². The first kappa shape index (κ1) is 11.8. The number of nitrogens with one attached hydrogen (secondary N) is 1. The van der Waals surface area contributed by atoms with E-state index in [-0.39, 0.29) is 0 Å². The molecule has 1 aromatic heterocycles. The Morgan fingerprint density at radius 1 is 1.18 bits per heavy atom. The first-order chi connectivity index (χ1) is 8.22. The van der Waals surface area contributed by atoms with Gasteiger partial charge in [0.25, 0.3) is 0 Å². The van der Waals surface area contributed by atoms with E-state index in [9.17, 15) is 0 Å². The van der Waals surface area contributed by atoms with Crippen LogP contribution < -0.4 is 5.32 Å². The number of likely N-dealkylation sites (N-methyl/N-ethyl adjacent to an activating group) is 1. The summed E-state index contributed by atoms with van der Waals surface area (Å²) >= 11 is 0. The monoisotopic (exact) mass is 231 g/mol. The number of aryl methyl sites for hydroxylation is 2. The quantitative estimate of drug-likeness (QED) is 0.875. The molecule has 1 N–H and O–H groups in total. The largest absolute Gasteiger partial charge is 0.421 e. The second-order valence-corrected chi connectivity index (χ2v) is 4.12. The maximum atomic E-state index is 5.67. The van der Waals surface area contributed by atoms with Gasteiger partial charge < -0.3 is 9.73 Å². The number of rotatable bonds is 4. The third-order valence-electron chi connectivity index (χ3n) is 2.75. The lowest BCUT2D eigenvalue weighted by Crippen LogP contribution is -2.10. The summed E-state index contributed by atoms with van der Waals surface area (Å²) in [7, 11) is 1.91. The van der Waals surface area contributed by atoms with Gasteiger partial charge in [-0.1, -0.05) is 18.2 Å². The molecular formula is C13H17N3O. The fourth-order valence-electron chi connectivity index (χ4n) is 1.84. The van der Waals surface area contributed by atoms with Crippen LogP contribution in [0.2, 0.25) is 0 Å². The van der Waals surface area contributed by atoms with Gasteiger partial charge in [-0.3, -0.25) is 0 Å². The van der Waals surface area contributed by atoms with Gasteiger partial charge in [-0.15, -0.1) is 10.2 Å². The zero-order valence-electron chi connectivity index (χ0n) is 10.4. The molecule has 17 heavy (non-hydrogen) atoms. The fourth-order valence-corrected chi connectivity index (χ4v) is 1.84. The Labute approximate surface area is 101 Å². The Morgan fingerprint density at radius 3 is 2.53 bits per heavy atom. The van der Waals surface area contributed by atoms with Gasteiger partial charge in [-0.05, 0) is 32.0 Å². The van der Waals surface area contributed by atoms with E-state index in [1.807, 2.05) is 13.1 Å². The Bertz CT molecular complexity index is 485. The van der Waals surface area contributed by atoms with Crippen molar-refractivity contribution in [3.63, 3.8) is 0 Å². The highest BCUT2D eigenvalue weighted by Crippen LogP contribution is 2.25. The minimum Gasteiger partial charge on any atom is -0.421 e. The van der Waals surface area contributed by atoms with E-state index in [4.69, 9.17) is 4.42 Å². The molecule has 0 atom stereocenters. The molecule has 0 saturated carbocycles. The molecule has 0 aliphatic heterocycles. The average molecular weight is 231 g/mol. The molecule has 2 rings (SSSR count). The van der Waals surface area contributed by atoms with E-state index in [0.717, 1.165) is 29.7 Å². The second kappa shape index (κ2) is 5.10. The highest BCUT2D eigenvalue weighted by atomic mass is 16.4. The molecular weight excluding hydrogens is 214 g/mol. The third-order valence-corrected chi connectivity index (χ3v) is 2.75. The number of nitrogens with zero attached hydrogens (tertiary/aromatic N) is 2. The SMILES string of the molecule is CNCCc1nnc(-c2c(C)cccc2C)o1. The molecule has 0 radical (unpaired) electrons. The van der Waals surface area contributed by atoms with Crippen molar-refractivity contribution in [1.82, 2.24) is 15.5 Å². The molecule has 0 bridgehead atoms. The summed E-state index contributed by atoms with van der Waals surface area (Å²) in [6, 6.07) is 6.14. The number of aromatic nitrogens is 2. The molecule has 0 saturated heterocycles. The van der Waals surface area contributed by atoms with Gasteiger partial charge in [-0.25, -0.2) is 0 Å². The zero-order chi connectivity index (χ0) is 12.3. The molecule has 0 aliphatic rings. The third kappa shape index (κ3) is 2.53. The Morgan fingerprint density at radius 2 is 1.88 bits per heavy atom. The van der Waals surface area contributed by atoms with E-state index >= 15 is 0 Å². The van der Waals surface area contributed by atoms with E-state index in [1.54, 1.807) is 0 Å². The fraction of sp³-hybridized carbons (Fsp3) is 0.385. The van der Waals surface area contributed by atoms with Crippen molar-refractivity contribution in [3.8, 4) is 11.5 Å². The van der Waals surface area contributed by atoms with Gasteiger partial charge in [0.2, 0.25) is 11.8 Å². The van der Waals surface area contributed by atoms with Crippen LogP contribution in [-0.2, 0) is 6.42 Å². The minimum atomic E-state index is 0.617. The summed E-state index contributed by atoms with van der Waals surface area (Å²) in [4.78, 5) is 0. The van der Waals surface area contributed by atoms with E-state index in [2.05, 4.69) is 41.5 Å². The second-order valence-electron chi connectivity index (χ2n) is 4.12. The highest BCUT2D eigenvalue weighted by Gasteiger charge is 2.12. The van der Waals surface area contributed by atoms with Crippen molar-refractivity contribution in [2.24, 2.45) is 0 Å². The van der Waals surface area contributed by atoms with Gasteiger partial charge in [0.15, 0.2) is 0 Å². The molecule has 0 unspecified atom stereocenters. The van der Waals surface area contributed by atoms with Crippen molar-refractivity contribution < 1.29 is 4.42 Å². The number of hydrogen-bond acceptors (Lipinski definition) is 4. The maximum absolute atomic E-state index is 5.67. The summed E-state index contributed by atoms with van der Waals surface area (Å²) in [6.45, 7) is 4.95. The predicted molar refractivity (Wildman–Crippen MR) is 66.8 cm³/mol. The Balaban J connectivity index is 2.30. The smallest absolute Gasteiger partial charge is 0.248 e. The summed E-state index contributed by atoms with van der Waals surface area (Å²) in [5.74, 6) is 1.30. The van der Waals surface area contributed by atoms with Gasteiger partial charge in [0.05, 0.1) is 0 Å². The van der Waals surface area contributed by atoms with Crippen molar-refractivity contribution in [2.45, 2.75) is 20.3 Å². The van der Waals surface area contributed by atoms with Gasteiger partial charge >= 0.3 is 0 Å². The molecule has 0 aliphatic carbocycles. The lowest BCUT2D eigenvalue weighted by molar-refractivity contribution is 0.499. The molecule has 2 aromatic rings. The molecule has 4 heteroatoms. The van der Waals surface area contributed by atoms with Crippen molar-refractivity contribution in [3.05, 3.63) is 35.2 Å². The maximum Gasteiger partial charge on any atom is 0.248 e. The summed E-state index contributed by atoms with van der Waals surface area (Å²) in [6.07, 6.45) is 0.758. The molecule has 0 fully saturated rings. The van der Waals surface area contributed by atoms with E-state index < -0.39 is 0 Å². The molecule has 4 nitrogen and oxygen atoms in total. The van der Waals surface area contributed by atoms with Crippen LogP contribution in [0.3, 0.4) is 0 Å². The van der Waals surface area contributed by atoms with Crippen molar-refractivity contribution in [2.75, 3.05) is 13.6 Å². The van der Waals surface area contributed by atoms with Crippen LogP contribution in [0.4, 0.5) is 0 Å². The van der Waals surface area contributed by atoms with Crippen molar-refractivity contribution in [1.29, 1.82) is 0 Å². The molecule has 90 valence electrons. The molecule has 0 spiro atoms. The normalized spacial score (nSPS) is 10.8. The van der Waals surface area contributed by atoms with Crippen LogP contribution in [0.25, 0.3) is 11.5 Å². The van der Waals surface area contributed by atoms with Crippen LogP contribution in [0.15, 0.2) is 22.6 Å². The lowest BCUT2D eigenvalue weighted by atomic mass is 10.0. The molecule has 1 heterocycles. The van der Waals surface area contributed by atoms with Crippen molar-refractivity contribution >= 4 is 0 Å². The standard InChI is InChI=1S/C13H17N3O/c1-9-5-4-6-10(2)12(9)13-16-15-11(17-13)7-8-14-3/h4-6,14H,7-8H2,1-3H3. The zero-order valence-corrected chi connectivity index (χ0v) is 10.4. The van der Waals surface area contributed by atoms with Crippen LogP contribution >= 0.6 is 0 Å². The first-order valence-electron chi connectivity index (χ1n) is 5.76. The van der Waals surface area contributed by atoms with Gasteiger partial charge in [-0.2, -0.15) is 0 Å². The van der Waals surface area contributed by atoms with Crippen LogP contribution in [0.5, 0.6) is 0 Å². The highest BCUT2D eigenvalue weighted by molar-refractivity contribution is 5.62. The minimum absolute atomic E-state index is 0.617. The van der Waals surface area contributed by atoms with Gasteiger partial charge in [0.1, 0.15) is 0 Å². The van der Waals surface area contributed by atoms with E-state index in [1.165, 1.54) is 0 Å². The number of benzene rings is 1. The summed E-state index contributed by atoms with van der Waals surface area (Å²) in [5, 5.41) is 11.2. The number of hydrogen-bond donors (Lipinski definition) is 1. The molecule has 1 aromatic carbocycles. The summed E-state index contributed by atoms with van der Waals surface area (Å²) in [5.41, 5.74) is 3.37. The molecule has 0 amide bonds. The summed E-state index contributed by atoms with van der Waals surface area (Å²) < 4.78 is 5.67. The first-order valence-corrected chi connectivity index (χ1v) is 5.76. The Kier molecular flexibility index (Phi) is 3.54.